The molecule has 0 radical (unpaired) electrons. The van der Waals surface area contributed by atoms with Crippen LogP contribution in [0.25, 0.3) is 0 Å². The van der Waals surface area contributed by atoms with E-state index in [1.54, 1.807) is 0 Å². The monoisotopic (exact) mass is 644 g/mol. The Labute approximate surface area is 272 Å². The zero-order chi connectivity index (χ0) is 32.5. The number of rotatable bonds is 9. The number of likely N-dealkylation sites (tertiary alicyclic amines) is 1. The minimum absolute atomic E-state index is 0.0227. The van der Waals surface area contributed by atoms with E-state index in [-0.39, 0.29) is 29.0 Å². The molecule has 2 saturated heterocycles. The smallest absolute Gasteiger partial charge is 0.322 e. The van der Waals surface area contributed by atoms with Crippen LogP contribution >= 0.6 is 0 Å². The molecule has 11 heteroatoms. The van der Waals surface area contributed by atoms with E-state index in [0.717, 1.165) is 12.8 Å². The zero-order valence-electron chi connectivity index (χ0n) is 27.5. The molecule has 6 rings (SSSR count). The molecule has 0 N–H and O–H groups in total. The third-order valence-electron chi connectivity index (χ3n) is 9.77. The van der Waals surface area contributed by atoms with Crippen LogP contribution in [-0.2, 0) is 9.16 Å². The van der Waals surface area contributed by atoms with E-state index in [2.05, 4.69) is 102 Å². The van der Waals surface area contributed by atoms with E-state index >= 15 is 0 Å². The van der Waals surface area contributed by atoms with E-state index in [1.165, 1.54) is 10.4 Å². The third kappa shape index (κ3) is 6.41. The fraction of sp³-hybridized carbons (Fsp3) is 0.543. The van der Waals surface area contributed by atoms with Gasteiger partial charge in [0.2, 0.25) is 11.8 Å². The van der Waals surface area contributed by atoms with Gasteiger partial charge in [-0.3, -0.25) is 4.90 Å². The number of ether oxygens (including phenoxy) is 2. The van der Waals surface area contributed by atoms with Gasteiger partial charge in [0.05, 0.1) is 19.8 Å². The highest BCUT2D eigenvalue weighted by atomic mass is 28.4. The summed E-state index contributed by atoms with van der Waals surface area (Å²) in [5, 5.41) is 12.1. The summed E-state index contributed by atoms with van der Waals surface area (Å²) in [5.74, 6) is 0.637. The van der Waals surface area contributed by atoms with Gasteiger partial charge in [-0.2, -0.15) is 20.2 Å². The van der Waals surface area contributed by atoms with E-state index in [9.17, 15) is 9.65 Å². The zero-order valence-corrected chi connectivity index (χ0v) is 28.5. The topological polar surface area (TPSA) is 96.6 Å². The molecule has 3 heterocycles. The van der Waals surface area contributed by atoms with E-state index in [0.29, 0.717) is 51.1 Å². The lowest BCUT2D eigenvalue weighted by atomic mass is 9.98. The normalized spacial score (nSPS) is 25.1. The highest BCUT2D eigenvalue weighted by Crippen LogP contribution is 2.48. The molecule has 0 spiro atoms. The molecule has 46 heavy (non-hydrogen) atoms. The number of anilines is 1. The molecule has 0 amide bonds. The van der Waals surface area contributed by atoms with Crippen molar-refractivity contribution in [3.05, 3.63) is 66.5 Å². The molecule has 244 valence electrons. The Bertz CT molecular complexity index is 1490. The first kappa shape index (κ1) is 32.5. The molecule has 0 unspecified atom stereocenters. The minimum atomic E-state index is -2.93. The maximum atomic E-state index is 14.1. The summed E-state index contributed by atoms with van der Waals surface area (Å²) in [7, 11) is -1.04. The predicted octanol–water partition coefficient (Wildman–Crippen LogP) is 4.11. The summed E-state index contributed by atoms with van der Waals surface area (Å²) in [6, 6.07) is 23.4. The van der Waals surface area contributed by atoms with Crippen molar-refractivity contribution in [1.82, 2.24) is 19.9 Å². The molecule has 4 atom stereocenters. The number of nitriles is 1. The fourth-order valence-electron chi connectivity index (χ4n) is 7.34. The van der Waals surface area contributed by atoms with Crippen molar-refractivity contribution in [3.8, 4) is 12.1 Å². The second-order valence-corrected chi connectivity index (χ2v) is 18.3. The van der Waals surface area contributed by atoms with Crippen molar-refractivity contribution in [1.29, 1.82) is 5.26 Å². The van der Waals surface area contributed by atoms with Crippen LogP contribution in [0.15, 0.2) is 60.7 Å². The number of hydrogen-bond acceptors (Lipinski definition) is 9. The van der Waals surface area contributed by atoms with Gasteiger partial charge in [0.1, 0.15) is 23.9 Å². The van der Waals surface area contributed by atoms with Crippen molar-refractivity contribution in [2.45, 2.75) is 75.9 Å². The van der Waals surface area contributed by atoms with E-state index in [1.807, 2.05) is 18.9 Å². The SMILES string of the molecule is C[C@H](Oc1nc(C#N)nc(N2CCOC[C@@](O[Si](c3ccccc3)(c3ccccc3)C(C)(C)C)(C3CC3)C2)n1)[C@@H]1C[C@@H](F)CN1C. The van der Waals surface area contributed by atoms with Crippen molar-refractivity contribution in [2.24, 2.45) is 5.92 Å². The lowest BCUT2D eigenvalue weighted by Gasteiger charge is -2.50. The van der Waals surface area contributed by atoms with Gasteiger partial charge in [0.25, 0.3) is 8.32 Å². The van der Waals surface area contributed by atoms with Crippen LogP contribution in [0.2, 0.25) is 5.04 Å². The molecule has 3 aromatic rings. The third-order valence-corrected chi connectivity index (χ3v) is 14.9. The quantitative estimate of drug-likeness (QED) is 0.319. The van der Waals surface area contributed by atoms with Gasteiger partial charge >= 0.3 is 6.01 Å². The van der Waals surface area contributed by atoms with Crippen LogP contribution in [0.1, 0.15) is 52.8 Å². The van der Waals surface area contributed by atoms with Gasteiger partial charge in [-0.05, 0) is 54.6 Å². The van der Waals surface area contributed by atoms with Gasteiger partial charge in [0, 0.05) is 19.1 Å². The van der Waals surface area contributed by atoms with Crippen LogP contribution in [0.5, 0.6) is 6.01 Å². The Kier molecular flexibility index (Phi) is 9.18. The van der Waals surface area contributed by atoms with Gasteiger partial charge in [-0.25, -0.2) is 4.39 Å². The van der Waals surface area contributed by atoms with Crippen molar-refractivity contribution in [2.75, 3.05) is 44.8 Å². The molecule has 2 aliphatic heterocycles. The van der Waals surface area contributed by atoms with Gasteiger partial charge in [-0.1, -0.05) is 81.4 Å². The van der Waals surface area contributed by atoms with Crippen molar-refractivity contribution in [3.63, 3.8) is 0 Å². The lowest BCUT2D eigenvalue weighted by molar-refractivity contribution is -0.0290. The minimum Gasteiger partial charge on any atom is -0.459 e. The van der Waals surface area contributed by atoms with Gasteiger partial charge < -0.3 is 18.8 Å². The summed E-state index contributed by atoms with van der Waals surface area (Å²) < 4.78 is 34.5. The fourth-order valence-corrected chi connectivity index (χ4v) is 12.2. The number of hydrogen-bond donors (Lipinski definition) is 0. The molecule has 3 fully saturated rings. The number of benzene rings is 2. The summed E-state index contributed by atoms with van der Waals surface area (Å²) in [6.07, 6.45) is 1.21. The standard InChI is InChI=1S/C35H45FN6O3Si/c1-25(30-20-27(36)22-41(30)5)44-33-39-31(21-37)38-32(40-33)42-18-19-43-24-35(23-42,26-16-17-26)45-46(34(2,3)4,28-12-8-6-9-13-28)29-14-10-7-11-15-29/h6-15,25-27,30H,16-20,22-24H2,1-5H3/t25-,27+,30-,35+/m0/s1. The number of alkyl halides is 1. The maximum absolute atomic E-state index is 14.1. The molecule has 0 bridgehead atoms. The highest BCUT2D eigenvalue weighted by molar-refractivity contribution is 6.99. The largest absolute Gasteiger partial charge is 0.459 e. The molecule has 9 nitrogen and oxygen atoms in total. The summed E-state index contributed by atoms with van der Waals surface area (Å²) in [5.41, 5.74) is -0.641. The molecule has 1 aromatic heterocycles. The summed E-state index contributed by atoms with van der Waals surface area (Å²) in [4.78, 5) is 17.6. The van der Waals surface area contributed by atoms with Gasteiger partial charge in [0.15, 0.2) is 0 Å². The first-order chi connectivity index (χ1) is 22.0. The Morgan fingerprint density at radius 1 is 1.04 bits per heavy atom. The Morgan fingerprint density at radius 3 is 2.24 bits per heavy atom. The summed E-state index contributed by atoms with van der Waals surface area (Å²) >= 11 is 0. The number of nitrogens with zero attached hydrogens (tertiary/aromatic N) is 6. The first-order valence-electron chi connectivity index (χ1n) is 16.4. The van der Waals surface area contributed by atoms with E-state index in [4.69, 9.17) is 18.9 Å². The lowest BCUT2D eigenvalue weighted by Crippen LogP contribution is -2.71. The molecular formula is C35H45FN6O3Si. The second-order valence-electron chi connectivity index (χ2n) is 14.1. The molecule has 2 aromatic carbocycles. The predicted molar refractivity (Wildman–Crippen MR) is 178 cm³/mol. The first-order valence-corrected chi connectivity index (χ1v) is 18.3. The van der Waals surface area contributed by atoms with Crippen molar-refractivity contribution < 1.29 is 18.3 Å². The van der Waals surface area contributed by atoms with Crippen LogP contribution in [-0.4, -0.2) is 92.0 Å². The van der Waals surface area contributed by atoms with E-state index < -0.39 is 20.1 Å². The molecule has 1 aliphatic carbocycles. The van der Waals surface area contributed by atoms with Crippen LogP contribution in [0.4, 0.5) is 10.3 Å². The average molecular weight is 645 g/mol. The molecule has 1 saturated carbocycles. The number of likely N-dealkylation sites (N-methyl/N-ethyl adjacent to an activating group) is 1. The maximum Gasteiger partial charge on any atom is 0.322 e. The van der Waals surface area contributed by atoms with Crippen LogP contribution in [0.3, 0.4) is 0 Å². The summed E-state index contributed by atoms with van der Waals surface area (Å²) in [6.45, 7) is 11.1. The Hall–Kier alpha value is -3.43. The molecular weight excluding hydrogens is 600 g/mol. The second kappa shape index (κ2) is 13.0. The average Bonchev–Trinajstić information content (AvgIpc) is 3.87. The number of aromatic nitrogens is 3. The van der Waals surface area contributed by atoms with Crippen LogP contribution in [0, 0.1) is 17.2 Å². The Morgan fingerprint density at radius 2 is 1.70 bits per heavy atom. The van der Waals surface area contributed by atoms with Gasteiger partial charge in [-0.15, -0.1) is 0 Å². The Balaban J connectivity index is 1.38. The molecule has 3 aliphatic rings. The number of halogens is 1. The highest BCUT2D eigenvalue weighted by Gasteiger charge is 2.59. The van der Waals surface area contributed by atoms with Crippen LogP contribution < -0.4 is 20.0 Å². The van der Waals surface area contributed by atoms with Crippen molar-refractivity contribution >= 4 is 24.6 Å².